The van der Waals surface area contributed by atoms with Gasteiger partial charge in [-0.25, -0.2) is 0 Å². The van der Waals surface area contributed by atoms with Gasteiger partial charge in [0.1, 0.15) is 6.04 Å². The molecule has 0 radical (unpaired) electrons. The monoisotopic (exact) mass is 344 g/mol. The van der Waals surface area contributed by atoms with Gasteiger partial charge in [0.25, 0.3) is 0 Å². The van der Waals surface area contributed by atoms with E-state index in [1.165, 1.54) is 3.57 Å². The molecule has 1 aliphatic heterocycles. The molecule has 1 aromatic rings. The molecule has 17 heavy (non-hydrogen) atoms. The van der Waals surface area contributed by atoms with Gasteiger partial charge < -0.3 is 10.2 Å². The predicted octanol–water partition coefficient (Wildman–Crippen LogP) is 2.71. The molecule has 4 heteroatoms. The molecule has 2 rings (SSSR count). The molecular weight excluding hydrogens is 327 g/mol. The zero-order valence-electron chi connectivity index (χ0n) is 9.95. The van der Waals surface area contributed by atoms with Crippen LogP contribution in [0.3, 0.4) is 0 Å². The van der Waals surface area contributed by atoms with E-state index in [0.29, 0.717) is 0 Å². The largest absolute Gasteiger partial charge is 0.374 e. The van der Waals surface area contributed by atoms with Gasteiger partial charge in [-0.3, -0.25) is 4.79 Å². The van der Waals surface area contributed by atoms with E-state index in [2.05, 4.69) is 27.9 Å². The Bertz CT molecular complexity index is 402. The van der Waals surface area contributed by atoms with Crippen molar-refractivity contribution in [2.45, 2.75) is 25.8 Å². The number of nitrogens with one attached hydrogen (secondary N) is 1. The van der Waals surface area contributed by atoms with E-state index in [-0.39, 0.29) is 11.9 Å². The first-order valence-electron chi connectivity index (χ1n) is 5.98. The molecule has 1 aliphatic rings. The van der Waals surface area contributed by atoms with Gasteiger partial charge in [0.15, 0.2) is 0 Å². The number of benzene rings is 1. The Balaban J connectivity index is 1.96. The Morgan fingerprint density at radius 3 is 2.76 bits per heavy atom. The van der Waals surface area contributed by atoms with Crippen molar-refractivity contribution in [1.82, 2.24) is 4.90 Å². The molecule has 1 heterocycles. The maximum absolute atomic E-state index is 12.1. The summed E-state index contributed by atoms with van der Waals surface area (Å²) in [6.45, 7) is 3.76. The highest BCUT2D eigenvalue weighted by Gasteiger charge is 2.22. The van der Waals surface area contributed by atoms with Crippen molar-refractivity contribution >= 4 is 34.2 Å². The fraction of sp³-hybridized carbons (Fsp3) is 0.462. The van der Waals surface area contributed by atoms with Crippen molar-refractivity contribution in [3.8, 4) is 0 Å². The van der Waals surface area contributed by atoms with Gasteiger partial charge in [-0.15, -0.1) is 0 Å². The van der Waals surface area contributed by atoms with E-state index >= 15 is 0 Å². The first-order valence-corrected chi connectivity index (χ1v) is 7.05. The van der Waals surface area contributed by atoms with Gasteiger partial charge in [-0.2, -0.15) is 0 Å². The average molecular weight is 344 g/mol. The van der Waals surface area contributed by atoms with E-state index in [9.17, 15) is 4.79 Å². The quantitative estimate of drug-likeness (QED) is 0.856. The summed E-state index contributed by atoms with van der Waals surface area (Å²) in [5.41, 5.74) is 1.01. The fourth-order valence-corrected chi connectivity index (χ4v) is 2.64. The van der Waals surface area contributed by atoms with Crippen LogP contribution in [0.4, 0.5) is 5.69 Å². The van der Waals surface area contributed by atoms with Crippen LogP contribution in [0.2, 0.25) is 0 Å². The first-order chi connectivity index (χ1) is 8.16. The molecular formula is C13H17IN2O. The van der Waals surface area contributed by atoms with E-state index in [4.69, 9.17) is 0 Å². The highest BCUT2D eigenvalue weighted by atomic mass is 127. The number of carbonyl (C=O) groups excluding carboxylic acids is 1. The molecule has 1 N–H and O–H groups in total. The van der Waals surface area contributed by atoms with E-state index in [0.717, 1.165) is 31.6 Å². The summed E-state index contributed by atoms with van der Waals surface area (Å²) in [5.74, 6) is 0.210. The molecule has 0 bridgehead atoms. The maximum Gasteiger partial charge on any atom is 0.244 e. The summed E-state index contributed by atoms with van der Waals surface area (Å²) in [7, 11) is 0. The lowest BCUT2D eigenvalue weighted by Crippen LogP contribution is -2.39. The third-order valence-corrected chi connectivity index (χ3v) is 3.67. The predicted molar refractivity (Wildman–Crippen MR) is 78.1 cm³/mol. The molecule has 0 spiro atoms. The molecule has 0 aliphatic carbocycles. The molecule has 1 saturated heterocycles. The third kappa shape index (κ3) is 3.34. The number of hydrogen-bond donors (Lipinski definition) is 1. The molecule has 3 nitrogen and oxygen atoms in total. The summed E-state index contributed by atoms with van der Waals surface area (Å²) in [5, 5.41) is 3.26. The van der Waals surface area contributed by atoms with Crippen molar-refractivity contribution in [2.75, 3.05) is 18.4 Å². The smallest absolute Gasteiger partial charge is 0.244 e. The van der Waals surface area contributed by atoms with Crippen LogP contribution in [0.5, 0.6) is 0 Å². The number of hydrogen-bond acceptors (Lipinski definition) is 2. The Labute approximate surface area is 116 Å². The summed E-state index contributed by atoms with van der Waals surface area (Å²) < 4.78 is 1.17. The minimum Gasteiger partial charge on any atom is -0.374 e. The molecule has 0 aromatic heterocycles. The molecule has 92 valence electrons. The Hall–Kier alpha value is -0.780. The molecule has 1 amide bonds. The Morgan fingerprint density at radius 2 is 2.12 bits per heavy atom. The number of amides is 1. The standard InChI is InChI=1S/C13H17IN2O/c1-10(13(17)16-7-2-3-8-16)15-12-6-4-5-11(14)9-12/h4-6,9-10,15H,2-3,7-8H2,1H3. The van der Waals surface area contributed by atoms with Crippen LogP contribution in [0, 0.1) is 3.57 Å². The fourth-order valence-electron chi connectivity index (χ4n) is 2.10. The van der Waals surface area contributed by atoms with E-state index in [1.807, 2.05) is 36.1 Å². The highest BCUT2D eigenvalue weighted by Crippen LogP contribution is 2.15. The first kappa shape index (κ1) is 12.7. The van der Waals surface area contributed by atoms with Gasteiger partial charge in [-0.05, 0) is 60.6 Å². The second-order valence-corrected chi connectivity index (χ2v) is 5.65. The minimum absolute atomic E-state index is 0.147. The van der Waals surface area contributed by atoms with Gasteiger partial charge in [0.2, 0.25) is 5.91 Å². The number of anilines is 1. The van der Waals surface area contributed by atoms with Gasteiger partial charge in [0.05, 0.1) is 0 Å². The summed E-state index contributed by atoms with van der Waals surface area (Å²) in [4.78, 5) is 14.0. The highest BCUT2D eigenvalue weighted by molar-refractivity contribution is 14.1. The minimum atomic E-state index is -0.147. The van der Waals surface area contributed by atoms with E-state index in [1.54, 1.807) is 0 Å². The SMILES string of the molecule is CC(Nc1cccc(I)c1)C(=O)N1CCCC1. The Morgan fingerprint density at radius 1 is 1.41 bits per heavy atom. The number of halogens is 1. The topological polar surface area (TPSA) is 32.3 Å². The van der Waals surface area contributed by atoms with Crippen molar-refractivity contribution in [1.29, 1.82) is 0 Å². The van der Waals surface area contributed by atoms with Crippen molar-refractivity contribution in [3.63, 3.8) is 0 Å². The number of rotatable bonds is 3. The van der Waals surface area contributed by atoms with Crippen LogP contribution in [-0.4, -0.2) is 29.9 Å². The van der Waals surface area contributed by atoms with Gasteiger partial charge >= 0.3 is 0 Å². The molecule has 1 atom stereocenters. The number of likely N-dealkylation sites (tertiary alicyclic amines) is 1. The second kappa shape index (κ2) is 5.71. The summed E-state index contributed by atoms with van der Waals surface area (Å²) >= 11 is 2.27. The average Bonchev–Trinajstić information content (AvgIpc) is 2.81. The van der Waals surface area contributed by atoms with Crippen molar-refractivity contribution in [3.05, 3.63) is 27.8 Å². The molecule has 0 saturated carbocycles. The van der Waals surface area contributed by atoms with Crippen LogP contribution >= 0.6 is 22.6 Å². The van der Waals surface area contributed by atoms with Gasteiger partial charge in [-0.1, -0.05) is 6.07 Å². The molecule has 1 aromatic carbocycles. The normalized spacial score (nSPS) is 16.9. The zero-order chi connectivity index (χ0) is 12.3. The summed E-state index contributed by atoms with van der Waals surface area (Å²) in [6, 6.07) is 7.94. The number of carbonyl (C=O) groups is 1. The van der Waals surface area contributed by atoms with Gasteiger partial charge in [0, 0.05) is 22.3 Å². The number of nitrogens with zero attached hydrogens (tertiary/aromatic N) is 1. The molecule has 1 fully saturated rings. The van der Waals surface area contributed by atoms with Crippen molar-refractivity contribution < 1.29 is 4.79 Å². The van der Waals surface area contributed by atoms with Crippen LogP contribution in [0.1, 0.15) is 19.8 Å². The van der Waals surface area contributed by atoms with Crippen LogP contribution in [0.15, 0.2) is 24.3 Å². The van der Waals surface area contributed by atoms with Crippen LogP contribution in [-0.2, 0) is 4.79 Å². The van der Waals surface area contributed by atoms with Crippen LogP contribution in [0.25, 0.3) is 0 Å². The lowest BCUT2D eigenvalue weighted by molar-refractivity contribution is -0.130. The molecule has 1 unspecified atom stereocenters. The Kier molecular flexibility index (Phi) is 4.25. The lowest BCUT2D eigenvalue weighted by atomic mass is 10.2. The lowest BCUT2D eigenvalue weighted by Gasteiger charge is -2.21. The second-order valence-electron chi connectivity index (χ2n) is 4.41. The van der Waals surface area contributed by atoms with Crippen LogP contribution < -0.4 is 5.32 Å². The van der Waals surface area contributed by atoms with E-state index < -0.39 is 0 Å². The maximum atomic E-state index is 12.1. The van der Waals surface area contributed by atoms with Crippen molar-refractivity contribution in [2.24, 2.45) is 0 Å². The summed E-state index contributed by atoms with van der Waals surface area (Å²) in [6.07, 6.45) is 2.28. The third-order valence-electron chi connectivity index (χ3n) is 3.00. The zero-order valence-corrected chi connectivity index (χ0v) is 12.1.